The van der Waals surface area contributed by atoms with E-state index in [1.807, 2.05) is 6.07 Å². The Balaban J connectivity index is 1.93. The first-order valence-corrected chi connectivity index (χ1v) is 7.10. The van der Waals surface area contributed by atoms with Gasteiger partial charge >= 0.3 is 6.01 Å². The number of rotatable bonds is 7. The smallest absolute Gasteiger partial charge is 0.320 e. The molecule has 108 valence electrons. The Morgan fingerprint density at radius 3 is 3.05 bits per heavy atom. The van der Waals surface area contributed by atoms with Crippen molar-refractivity contribution in [2.75, 3.05) is 25.6 Å². The van der Waals surface area contributed by atoms with E-state index in [1.165, 1.54) is 0 Å². The van der Waals surface area contributed by atoms with Crippen molar-refractivity contribution in [2.45, 2.75) is 6.54 Å². The summed E-state index contributed by atoms with van der Waals surface area (Å²) in [5.41, 5.74) is 0.764. The van der Waals surface area contributed by atoms with Crippen LogP contribution in [0.1, 0.15) is 5.89 Å². The topological polar surface area (TPSA) is 72.2 Å². The molecule has 8 heteroatoms. The maximum Gasteiger partial charge on any atom is 0.320 e. The number of hydrogen-bond donors (Lipinski definition) is 2. The minimum Gasteiger partial charge on any atom is -0.406 e. The van der Waals surface area contributed by atoms with Crippen LogP contribution in [-0.2, 0) is 11.3 Å². The average Bonchev–Trinajstić information content (AvgIpc) is 2.87. The highest BCUT2D eigenvalue weighted by atomic mass is 79.9. The van der Waals surface area contributed by atoms with E-state index in [1.54, 1.807) is 19.2 Å². The molecule has 6 nitrogen and oxygen atoms in total. The minimum atomic E-state index is 0.316. The second kappa shape index (κ2) is 7.58. The van der Waals surface area contributed by atoms with Gasteiger partial charge in [0.15, 0.2) is 0 Å². The lowest BCUT2D eigenvalue weighted by Gasteiger charge is -2.04. The van der Waals surface area contributed by atoms with Gasteiger partial charge in [0.25, 0.3) is 0 Å². The number of methoxy groups -OCH3 is 1. The first-order chi connectivity index (χ1) is 9.69. The van der Waals surface area contributed by atoms with Crippen molar-refractivity contribution in [2.24, 2.45) is 0 Å². The van der Waals surface area contributed by atoms with E-state index in [-0.39, 0.29) is 0 Å². The Labute approximate surface area is 130 Å². The van der Waals surface area contributed by atoms with Gasteiger partial charge in [0.05, 0.1) is 18.8 Å². The molecule has 0 aliphatic rings. The summed E-state index contributed by atoms with van der Waals surface area (Å²) in [4.78, 5) is 0. The highest BCUT2D eigenvalue weighted by molar-refractivity contribution is 9.10. The second-order valence-corrected chi connectivity index (χ2v) is 5.21. The van der Waals surface area contributed by atoms with Crippen molar-refractivity contribution in [1.82, 2.24) is 15.5 Å². The van der Waals surface area contributed by atoms with Gasteiger partial charge in [0, 0.05) is 23.1 Å². The predicted molar refractivity (Wildman–Crippen MR) is 80.3 cm³/mol. The molecule has 0 fully saturated rings. The monoisotopic (exact) mass is 360 g/mol. The van der Waals surface area contributed by atoms with Gasteiger partial charge in [0.1, 0.15) is 0 Å². The molecule has 0 atom stereocenters. The third-order valence-corrected chi connectivity index (χ3v) is 3.32. The predicted octanol–water partition coefficient (Wildman–Crippen LogP) is 2.97. The Bertz CT molecular complexity index is 564. The summed E-state index contributed by atoms with van der Waals surface area (Å²) in [6, 6.07) is 5.72. The number of benzene rings is 1. The molecule has 1 heterocycles. The molecule has 0 aliphatic carbocycles. The maximum absolute atomic E-state index is 5.94. The molecule has 1 aromatic heterocycles. The maximum atomic E-state index is 5.94. The zero-order valence-electron chi connectivity index (χ0n) is 10.8. The molecule has 0 aliphatic heterocycles. The van der Waals surface area contributed by atoms with Crippen LogP contribution in [0, 0.1) is 0 Å². The highest BCUT2D eigenvalue weighted by Crippen LogP contribution is 2.28. The van der Waals surface area contributed by atoms with Crippen LogP contribution in [-0.4, -0.2) is 30.5 Å². The number of ether oxygens (including phenoxy) is 1. The fourth-order valence-corrected chi connectivity index (χ4v) is 1.97. The fraction of sp³-hybridized carbons (Fsp3) is 0.333. The van der Waals surface area contributed by atoms with E-state index in [0.717, 1.165) is 16.7 Å². The number of hydrogen-bond acceptors (Lipinski definition) is 6. The molecule has 2 rings (SSSR count). The van der Waals surface area contributed by atoms with Gasteiger partial charge < -0.3 is 19.8 Å². The van der Waals surface area contributed by atoms with Gasteiger partial charge in [-0.1, -0.05) is 16.7 Å². The van der Waals surface area contributed by atoms with Gasteiger partial charge in [-0.2, -0.15) is 0 Å². The summed E-state index contributed by atoms with van der Waals surface area (Å²) >= 11 is 9.35. The van der Waals surface area contributed by atoms with Gasteiger partial charge in [-0.15, -0.1) is 5.10 Å². The third-order valence-electron chi connectivity index (χ3n) is 2.40. The molecule has 20 heavy (non-hydrogen) atoms. The van der Waals surface area contributed by atoms with E-state index in [0.29, 0.717) is 30.1 Å². The van der Waals surface area contributed by atoms with E-state index in [2.05, 4.69) is 36.8 Å². The Hall–Kier alpha value is -1.15. The standard InChI is InChI=1S/C12H14BrClN4O2/c1-19-5-4-15-7-11-17-18-12(20-11)16-10-6-8(14)2-3-9(10)13/h2-3,6,15H,4-5,7H2,1H3,(H,16,18). The zero-order valence-corrected chi connectivity index (χ0v) is 13.2. The first-order valence-electron chi connectivity index (χ1n) is 5.93. The van der Waals surface area contributed by atoms with Crippen LogP contribution in [0.15, 0.2) is 27.1 Å². The van der Waals surface area contributed by atoms with Crippen molar-refractivity contribution >= 4 is 39.2 Å². The summed E-state index contributed by atoms with van der Waals surface area (Å²) in [5.74, 6) is 0.502. The van der Waals surface area contributed by atoms with Crippen LogP contribution in [0.4, 0.5) is 11.7 Å². The summed E-state index contributed by atoms with van der Waals surface area (Å²) < 4.78 is 11.3. The van der Waals surface area contributed by atoms with E-state index >= 15 is 0 Å². The molecule has 0 radical (unpaired) electrons. The van der Waals surface area contributed by atoms with Gasteiger partial charge in [-0.3, -0.25) is 0 Å². The Kier molecular flexibility index (Phi) is 5.78. The fourth-order valence-electron chi connectivity index (χ4n) is 1.45. The highest BCUT2D eigenvalue weighted by Gasteiger charge is 2.08. The lowest BCUT2D eigenvalue weighted by atomic mass is 10.3. The van der Waals surface area contributed by atoms with Gasteiger partial charge in [0.2, 0.25) is 5.89 Å². The van der Waals surface area contributed by atoms with Crippen LogP contribution in [0.5, 0.6) is 0 Å². The zero-order chi connectivity index (χ0) is 14.4. The first kappa shape index (κ1) is 15.2. The van der Waals surface area contributed by atoms with Crippen molar-refractivity contribution < 1.29 is 9.15 Å². The van der Waals surface area contributed by atoms with Crippen LogP contribution in [0.2, 0.25) is 5.02 Å². The summed E-state index contributed by atoms with van der Waals surface area (Å²) in [7, 11) is 1.65. The molecule has 0 saturated heterocycles. The van der Waals surface area contributed by atoms with Crippen molar-refractivity contribution in [3.8, 4) is 0 Å². The largest absolute Gasteiger partial charge is 0.406 e. The van der Waals surface area contributed by atoms with Crippen molar-refractivity contribution in [3.05, 3.63) is 33.6 Å². The number of nitrogens with zero attached hydrogens (tertiary/aromatic N) is 2. The van der Waals surface area contributed by atoms with Crippen LogP contribution >= 0.6 is 27.5 Å². The normalized spacial score (nSPS) is 10.8. The summed E-state index contributed by atoms with van der Waals surface area (Å²) in [6.45, 7) is 1.85. The molecule has 0 bridgehead atoms. The molecule has 0 unspecified atom stereocenters. The lowest BCUT2D eigenvalue weighted by molar-refractivity contribution is 0.198. The number of halogens is 2. The minimum absolute atomic E-state index is 0.316. The van der Waals surface area contributed by atoms with E-state index < -0.39 is 0 Å². The average molecular weight is 362 g/mol. The van der Waals surface area contributed by atoms with E-state index in [9.17, 15) is 0 Å². The molecular formula is C12H14BrClN4O2. The number of anilines is 2. The van der Waals surface area contributed by atoms with Crippen LogP contribution in [0.25, 0.3) is 0 Å². The quantitative estimate of drug-likeness (QED) is 0.739. The van der Waals surface area contributed by atoms with Gasteiger partial charge in [-0.05, 0) is 34.1 Å². The Morgan fingerprint density at radius 1 is 1.40 bits per heavy atom. The molecule has 1 aromatic carbocycles. The molecule has 2 aromatic rings. The van der Waals surface area contributed by atoms with Crippen molar-refractivity contribution in [1.29, 1.82) is 0 Å². The molecule has 2 N–H and O–H groups in total. The van der Waals surface area contributed by atoms with Crippen LogP contribution in [0.3, 0.4) is 0 Å². The SMILES string of the molecule is COCCNCc1nnc(Nc2cc(Cl)ccc2Br)o1. The van der Waals surface area contributed by atoms with Gasteiger partial charge in [-0.25, -0.2) is 0 Å². The summed E-state index contributed by atoms with van der Waals surface area (Å²) in [6.07, 6.45) is 0. The molecule has 0 spiro atoms. The third kappa shape index (κ3) is 4.45. The van der Waals surface area contributed by atoms with E-state index in [4.69, 9.17) is 20.8 Å². The van der Waals surface area contributed by atoms with Crippen LogP contribution < -0.4 is 10.6 Å². The lowest BCUT2D eigenvalue weighted by Crippen LogP contribution is -2.18. The number of aromatic nitrogens is 2. The summed E-state index contributed by atoms with van der Waals surface area (Å²) in [5, 5.41) is 14.6. The molecular weight excluding hydrogens is 348 g/mol. The second-order valence-electron chi connectivity index (χ2n) is 3.92. The molecule has 0 saturated carbocycles. The van der Waals surface area contributed by atoms with Crippen molar-refractivity contribution in [3.63, 3.8) is 0 Å². The Morgan fingerprint density at radius 2 is 2.25 bits per heavy atom. The molecule has 0 amide bonds. The number of nitrogens with one attached hydrogen (secondary N) is 2.